The van der Waals surface area contributed by atoms with E-state index < -0.39 is 0 Å². The molecule has 0 spiro atoms. The Labute approximate surface area is 125 Å². The summed E-state index contributed by atoms with van der Waals surface area (Å²) < 4.78 is 10.9. The molecule has 21 heavy (non-hydrogen) atoms. The van der Waals surface area contributed by atoms with Crippen molar-refractivity contribution in [1.82, 2.24) is 5.43 Å². The summed E-state index contributed by atoms with van der Waals surface area (Å²) >= 11 is 0. The molecule has 4 heteroatoms. The number of nitrogens with two attached hydrogens (primary N) is 1. The molecule has 3 N–H and O–H groups in total. The molecule has 1 atom stereocenters. The van der Waals surface area contributed by atoms with Crippen LogP contribution in [0.2, 0.25) is 0 Å². The Hall–Kier alpha value is -2.04. The van der Waals surface area contributed by atoms with E-state index in [0.29, 0.717) is 0 Å². The summed E-state index contributed by atoms with van der Waals surface area (Å²) in [5.41, 5.74) is 6.25. The number of methoxy groups -OCH3 is 2. The van der Waals surface area contributed by atoms with Crippen LogP contribution in [0.25, 0.3) is 0 Å². The molecule has 0 aromatic heterocycles. The topological polar surface area (TPSA) is 56.5 Å². The SMILES string of the molecule is COc1cccc(OC)c1C(Cc1ccc(C)cc1)NN. The van der Waals surface area contributed by atoms with Gasteiger partial charge < -0.3 is 9.47 Å². The van der Waals surface area contributed by atoms with Gasteiger partial charge in [-0.05, 0) is 31.0 Å². The van der Waals surface area contributed by atoms with Crippen LogP contribution in [0.15, 0.2) is 42.5 Å². The van der Waals surface area contributed by atoms with E-state index in [9.17, 15) is 0 Å². The zero-order chi connectivity index (χ0) is 15.2. The Kier molecular flexibility index (Phi) is 5.20. The first-order valence-corrected chi connectivity index (χ1v) is 6.92. The summed E-state index contributed by atoms with van der Waals surface area (Å²) in [6, 6.07) is 14.1. The minimum atomic E-state index is -0.0844. The van der Waals surface area contributed by atoms with E-state index in [2.05, 4.69) is 36.6 Å². The highest BCUT2D eigenvalue weighted by molar-refractivity contribution is 5.47. The van der Waals surface area contributed by atoms with Gasteiger partial charge in [0.25, 0.3) is 0 Å². The maximum Gasteiger partial charge on any atom is 0.127 e. The second-order valence-electron chi connectivity index (χ2n) is 4.99. The molecule has 112 valence electrons. The third-order valence-corrected chi connectivity index (χ3v) is 3.58. The zero-order valence-electron chi connectivity index (χ0n) is 12.7. The summed E-state index contributed by atoms with van der Waals surface area (Å²) in [7, 11) is 3.30. The van der Waals surface area contributed by atoms with E-state index in [1.165, 1.54) is 11.1 Å². The van der Waals surface area contributed by atoms with Gasteiger partial charge in [-0.15, -0.1) is 0 Å². The van der Waals surface area contributed by atoms with Crippen molar-refractivity contribution >= 4 is 0 Å². The van der Waals surface area contributed by atoms with Crippen molar-refractivity contribution in [2.75, 3.05) is 14.2 Å². The number of hydrogen-bond acceptors (Lipinski definition) is 4. The Balaban J connectivity index is 2.34. The van der Waals surface area contributed by atoms with Crippen molar-refractivity contribution in [3.8, 4) is 11.5 Å². The Bertz CT molecular complexity index is 560. The van der Waals surface area contributed by atoms with Crippen molar-refractivity contribution < 1.29 is 9.47 Å². The third kappa shape index (κ3) is 3.54. The lowest BCUT2D eigenvalue weighted by molar-refractivity contribution is 0.370. The minimum Gasteiger partial charge on any atom is -0.496 e. The normalized spacial score (nSPS) is 12.0. The fourth-order valence-corrected chi connectivity index (χ4v) is 2.43. The maximum atomic E-state index is 5.77. The Morgan fingerprint density at radius 3 is 2.05 bits per heavy atom. The number of hydrogen-bond donors (Lipinski definition) is 2. The van der Waals surface area contributed by atoms with Crippen LogP contribution in [-0.4, -0.2) is 14.2 Å². The second-order valence-corrected chi connectivity index (χ2v) is 4.99. The highest BCUT2D eigenvalue weighted by Gasteiger charge is 2.20. The minimum absolute atomic E-state index is 0.0844. The molecule has 0 saturated carbocycles. The molecule has 2 rings (SSSR count). The van der Waals surface area contributed by atoms with Gasteiger partial charge >= 0.3 is 0 Å². The number of hydrazine groups is 1. The van der Waals surface area contributed by atoms with E-state index >= 15 is 0 Å². The Morgan fingerprint density at radius 2 is 1.57 bits per heavy atom. The van der Waals surface area contributed by atoms with Gasteiger partial charge in [-0.25, -0.2) is 0 Å². The third-order valence-electron chi connectivity index (χ3n) is 3.58. The average Bonchev–Trinajstić information content (AvgIpc) is 2.53. The fraction of sp³-hybridized carbons (Fsp3) is 0.294. The molecule has 0 aliphatic carbocycles. The van der Waals surface area contributed by atoms with Crippen LogP contribution in [-0.2, 0) is 6.42 Å². The lowest BCUT2D eigenvalue weighted by Crippen LogP contribution is -2.30. The van der Waals surface area contributed by atoms with E-state index in [0.717, 1.165) is 23.5 Å². The largest absolute Gasteiger partial charge is 0.496 e. The van der Waals surface area contributed by atoms with E-state index in [-0.39, 0.29) is 6.04 Å². The smallest absolute Gasteiger partial charge is 0.127 e. The first kappa shape index (κ1) is 15.4. The van der Waals surface area contributed by atoms with Gasteiger partial charge in [0.15, 0.2) is 0 Å². The van der Waals surface area contributed by atoms with E-state index in [1.807, 2.05) is 18.2 Å². The van der Waals surface area contributed by atoms with Crippen LogP contribution in [0.4, 0.5) is 0 Å². The van der Waals surface area contributed by atoms with Gasteiger partial charge in [0.2, 0.25) is 0 Å². The molecule has 0 bridgehead atoms. The van der Waals surface area contributed by atoms with Gasteiger partial charge in [-0.2, -0.15) is 0 Å². The van der Waals surface area contributed by atoms with Crippen LogP contribution in [0.3, 0.4) is 0 Å². The van der Waals surface area contributed by atoms with Gasteiger partial charge in [-0.3, -0.25) is 11.3 Å². The second kappa shape index (κ2) is 7.11. The van der Waals surface area contributed by atoms with Crippen LogP contribution in [0.1, 0.15) is 22.7 Å². The van der Waals surface area contributed by atoms with Gasteiger partial charge in [-0.1, -0.05) is 35.9 Å². The maximum absolute atomic E-state index is 5.77. The van der Waals surface area contributed by atoms with Gasteiger partial charge in [0, 0.05) is 0 Å². The summed E-state index contributed by atoms with van der Waals surface area (Å²) in [6.07, 6.45) is 0.757. The van der Waals surface area contributed by atoms with Crippen molar-refractivity contribution in [1.29, 1.82) is 0 Å². The highest BCUT2D eigenvalue weighted by Crippen LogP contribution is 2.35. The van der Waals surface area contributed by atoms with E-state index in [1.54, 1.807) is 14.2 Å². The molecule has 1 unspecified atom stereocenters. The number of ether oxygens (including phenoxy) is 2. The standard InChI is InChI=1S/C17H22N2O2/c1-12-7-9-13(10-8-12)11-14(19-18)17-15(20-2)5-4-6-16(17)21-3/h4-10,14,19H,11,18H2,1-3H3. The van der Waals surface area contributed by atoms with Crippen molar-refractivity contribution in [3.63, 3.8) is 0 Å². The molecule has 4 nitrogen and oxygen atoms in total. The fourth-order valence-electron chi connectivity index (χ4n) is 2.43. The monoisotopic (exact) mass is 286 g/mol. The molecule has 2 aromatic carbocycles. The predicted octanol–water partition coefficient (Wildman–Crippen LogP) is 2.76. The van der Waals surface area contributed by atoms with Crippen LogP contribution in [0, 0.1) is 6.92 Å². The first-order valence-electron chi connectivity index (χ1n) is 6.92. The van der Waals surface area contributed by atoms with Crippen LogP contribution >= 0.6 is 0 Å². The molecule has 0 amide bonds. The number of benzene rings is 2. The summed E-state index contributed by atoms with van der Waals surface area (Å²) in [5.74, 6) is 7.30. The zero-order valence-corrected chi connectivity index (χ0v) is 12.7. The van der Waals surface area contributed by atoms with Gasteiger partial charge in [0.05, 0.1) is 25.8 Å². The molecule has 0 saturated heterocycles. The van der Waals surface area contributed by atoms with Crippen molar-refractivity contribution in [3.05, 3.63) is 59.2 Å². The summed E-state index contributed by atoms with van der Waals surface area (Å²) in [5, 5.41) is 0. The molecule has 0 radical (unpaired) electrons. The molecule has 0 fully saturated rings. The number of rotatable bonds is 6. The highest BCUT2D eigenvalue weighted by atomic mass is 16.5. The lowest BCUT2D eigenvalue weighted by atomic mass is 9.97. The van der Waals surface area contributed by atoms with Crippen LogP contribution < -0.4 is 20.7 Å². The molecule has 0 aliphatic heterocycles. The molecule has 0 heterocycles. The van der Waals surface area contributed by atoms with Crippen molar-refractivity contribution in [2.45, 2.75) is 19.4 Å². The predicted molar refractivity (Wildman–Crippen MR) is 84.5 cm³/mol. The van der Waals surface area contributed by atoms with Crippen molar-refractivity contribution in [2.24, 2.45) is 5.84 Å². The lowest BCUT2D eigenvalue weighted by Gasteiger charge is -2.21. The first-order chi connectivity index (χ1) is 10.2. The summed E-state index contributed by atoms with van der Waals surface area (Å²) in [4.78, 5) is 0. The quantitative estimate of drug-likeness (QED) is 0.633. The Morgan fingerprint density at radius 1 is 1.00 bits per heavy atom. The molecule has 0 aliphatic rings. The number of aryl methyl sites for hydroxylation is 1. The molecule has 2 aromatic rings. The number of nitrogens with one attached hydrogen (secondary N) is 1. The van der Waals surface area contributed by atoms with Crippen LogP contribution in [0.5, 0.6) is 11.5 Å². The molecular weight excluding hydrogens is 264 g/mol. The molecular formula is C17H22N2O2. The summed E-state index contributed by atoms with van der Waals surface area (Å²) in [6.45, 7) is 2.08. The average molecular weight is 286 g/mol. The van der Waals surface area contributed by atoms with Gasteiger partial charge in [0.1, 0.15) is 11.5 Å². The van der Waals surface area contributed by atoms with E-state index in [4.69, 9.17) is 15.3 Å².